The molecule has 5 nitrogen and oxygen atoms in total. The third-order valence-electron chi connectivity index (χ3n) is 3.91. The third kappa shape index (κ3) is 3.40. The summed E-state index contributed by atoms with van der Waals surface area (Å²) in [5.74, 6) is 0.313. The molecule has 1 N–H and O–H groups in total. The lowest BCUT2D eigenvalue weighted by atomic mass is 9.95. The molecule has 110 valence electrons. The number of likely N-dealkylation sites (tertiary alicyclic amines) is 1. The number of carbonyl (C=O) groups is 2. The minimum absolute atomic E-state index is 0.00000472. The number of amides is 2. The van der Waals surface area contributed by atoms with Crippen LogP contribution in [0.1, 0.15) is 43.5 Å². The van der Waals surface area contributed by atoms with Crippen molar-refractivity contribution >= 4 is 11.8 Å². The molecule has 0 unspecified atom stereocenters. The second kappa shape index (κ2) is 6.59. The van der Waals surface area contributed by atoms with Gasteiger partial charge in [-0.2, -0.15) is 0 Å². The molecule has 1 fully saturated rings. The van der Waals surface area contributed by atoms with E-state index in [9.17, 15) is 9.59 Å². The quantitative estimate of drug-likeness (QED) is 0.916. The summed E-state index contributed by atoms with van der Waals surface area (Å²) in [6.07, 6.45) is 6.15. The van der Waals surface area contributed by atoms with E-state index < -0.39 is 6.04 Å². The first-order valence-electron chi connectivity index (χ1n) is 7.23. The van der Waals surface area contributed by atoms with Crippen LogP contribution in [0.5, 0.6) is 0 Å². The van der Waals surface area contributed by atoms with Crippen molar-refractivity contribution in [2.24, 2.45) is 5.92 Å². The molecular formula is C15H22N2O3. The molecule has 2 rings (SSSR count). The van der Waals surface area contributed by atoms with Crippen LogP contribution in [0.25, 0.3) is 0 Å². The van der Waals surface area contributed by atoms with Gasteiger partial charge in [-0.25, -0.2) is 0 Å². The summed E-state index contributed by atoms with van der Waals surface area (Å²) in [4.78, 5) is 26.1. The van der Waals surface area contributed by atoms with Gasteiger partial charge >= 0.3 is 0 Å². The fraction of sp³-hybridized carbons (Fsp3) is 0.600. The van der Waals surface area contributed by atoms with Crippen LogP contribution in [0.4, 0.5) is 0 Å². The van der Waals surface area contributed by atoms with E-state index in [1.54, 1.807) is 13.0 Å². The van der Waals surface area contributed by atoms with Crippen LogP contribution in [-0.2, 0) is 4.79 Å². The Morgan fingerprint density at radius 1 is 1.55 bits per heavy atom. The van der Waals surface area contributed by atoms with Crippen LogP contribution in [0.15, 0.2) is 23.0 Å². The molecule has 1 aliphatic heterocycles. The van der Waals surface area contributed by atoms with Gasteiger partial charge in [-0.3, -0.25) is 9.59 Å². The number of hydrogen-bond acceptors (Lipinski definition) is 3. The van der Waals surface area contributed by atoms with Crippen molar-refractivity contribution in [1.29, 1.82) is 0 Å². The summed E-state index contributed by atoms with van der Waals surface area (Å²) in [5.41, 5.74) is 0.440. The molecule has 2 atom stereocenters. The smallest absolute Gasteiger partial charge is 0.255 e. The molecule has 1 aromatic rings. The van der Waals surface area contributed by atoms with Gasteiger partial charge in [0.15, 0.2) is 0 Å². The van der Waals surface area contributed by atoms with E-state index in [1.165, 1.54) is 18.9 Å². The van der Waals surface area contributed by atoms with Crippen LogP contribution in [0, 0.1) is 5.92 Å². The van der Waals surface area contributed by atoms with Gasteiger partial charge in [0.05, 0.1) is 11.8 Å². The molecule has 0 saturated carbocycles. The van der Waals surface area contributed by atoms with E-state index in [1.807, 2.05) is 4.90 Å². The Kier molecular flexibility index (Phi) is 4.82. The average molecular weight is 278 g/mol. The zero-order valence-corrected chi connectivity index (χ0v) is 12.1. The summed E-state index contributed by atoms with van der Waals surface area (Å²) < 4.78 is 4.87. The highest BCUT2D eigenvalue weighted by Gasteiger charge is 2.27. The Labute approximate surface area is 119 Å². The van der Waals surface area contributed by atoms with E-state index in [2.05, 4.69) is 12.2 Å². The number of furan rings is 1. The molecule has 0 bridgehead atoms. The highest BCUT2D eigenvalue weighted by atomic mass is 16.3. The zero-order chi connectivity index (χ0) is 14.5. The minimum Gasteiger partial charge on any atom is -0.472 e. The number of piperidine rings is 1. The average Bonchev–Trinajstić information content (AvgIpc) is 3.00. The summed E-state index contributed by atoms with van der Waals surface area (Å²) >= 11 is 0. The molecule has 0 aromatic carbocycles. The van der Waals surface area contributed by atoms with Crippen LogP contribution in [-0.4, -0.2) is 35.8 Å². The van der Waals surface area contributed by atoms with Gasteiger partial charge < -0.3 is 14.6 Å². The molecule has 0 spiro atoms. The van der Waals surface area contributed by atoms with Gasteiger partial charge in [0.25, 0.3) is 5.91 Å². The number of nitrogens with zero attached hydrogens (tertiary/aromatic N) is 1. The van der Waals surface area contributed by atoms with Crippen LogP contribution < -0.4 is 5.32 Å². The maximum absolute atomic E-state index is 12.4. The summed E-state index contributed by atoms with van der Waals surface area (Å²) in [6.45, 7) is 5.49. The van der Waals surface area contributed by atoms with Gasteiger partial charge in [-0.15, -0.1) is 0 Å². The lowest BCUT2D eigenvalue weighted by molar-refractivity contribution is -0.134. The Bertz CT molecular complexity index is 456. The second-order valence-electron chi connectivity index (χ2n) is 5.41. The standard InChI is InChI=1S/C15H22N2O3/c1-3-12-5-4-7-17(9-12)15(19)11(2)16-14(18)13-6-8-20-10-13/h6,8,10-12H,3-5,7,9H2,1-2H3,(H,16,18)/t11-,12-/m1/s1. The van der Waals surface area contributed by atoms with Crippen molar-refractivity contribution < 1.29 is 14.0 Å². The first kappa shape index (κ1) is 14.6. The van der Waals surface area contributed by atoms with Gasteiger partial charge in [0.1, 0.15) is 12.3 Å². The predicted molar refractivity (Wildman–Crippen MR) is 75.2 cm³/mol. The van der Waals surface area contributed by atoms with Crippen molar-refractivity contribution in [3.63, 3.8) is 0 Å². The summed E-state index contributed by atoms with van der Waals surface area (Å²) in [6, 6.07) is 1.08. The zero-order valence-electron chi connectivity index (χ0n) is 12.1. The molecule has 2 heterocycles. The lowest BCUT2D eigenvalue weighted by Crippen LogP contribution is -2.49. The van der Waals surface area contributed by atoms with Crippen molar-refractivity contribution in [1.82, 2.24) is 10.2 Å². The Morgan fingerprint density at radius 3 is 3.00 bits per heavy atom. The number of nitrogens with one attached hydrogen (secondary N) is 1. The first-order chi connectivity index (χ1) is 9.61. The van der Waals surface area contributed by atoms with Crippen molar-refractivity contribution in [3.8, 4) is 0 Å². The van der Waals surface area contributed by atoms with Crippen molar-refractivity contribution in [2.45, 2.75) is 39.2 Å². The van der Waals surface area contributed by atoms with E-state index in [0.29, 0.717) is 11.5 Å². The first-order valence-corrected chi connectivity index (χ1v) is 7.23. The highest BCUT2D eigenvalue weighted by Crippen LogP contribution is 2.19. The molecule has 1 aliphatic rings. The highest BCUT2D eigenvalue weighted by molar-refractivity contribution is 5.97. The molecular weight excluding hydrogens is 256 g/mol. The maximum atomic E-state index is 12.4. The SMILES string of the molecule is CC[C@@H]1CCCN(C(=O)[C@@H](C)NC(=O)c2ccoc2)C1. The predicted octanol–water partition coefficient (Wildman–Crippen LogP) is 2.05. The van der Waals surface area contributed by atoms with Crippen LogP contribution in [0.2, 0.25) is 0 Å². The summed E-state index contributed by atoms with van der Waals surface area (Å²) in [5, 5.41) is 2.72. The van der Waals surface area contributed by atoms with E-state index >= 15 is 0 Å². The molecule has 1 aromatic heterocycles. The van der Waals surface area contributed by atoms with Crippen molar-refractivity contribution in [2.75, 3.05) is 13.1 Å². The van der Waals surface area contributed by atoms with E-state index in [-0.39, 0.29) is 11.8 Å². The van der Waals surface area contributed by atoms with Gasteiger partial charge in [0.2, 0.25) is 5.91 Å². The molecule has 0 radical (unpaired) electrons. The fourth-order valence-corrected chi connectivity index (χ4v) is 2.61. The number of hydrogen-bond donors (Lipinski definition) is 1. The number of rotatable bonds is 4. The van der Waals surface area contributed by atoms with Crippen LogP contribution >= 0.6 is 0 Å². The third-order valence-corrected chi connectivity index (χ3v) is 3.91. The van der Waals surface area contributed by atoms with Crippen LogP contribution in [0.3, 0.4) is 0 Å². The minimum atomic E-state index is -0.506. The number of carbonyl (C=O) groups excluding carboxylic acids is 2. The fourth-order valence-electron chi connectivity index (χ4n) is 2.61. The molecule has 1 saturated heterocycles. The van der Waals surface area contributed by atoms with Gasteiger partial charge in [-0.05, 0) is 31.7 Å². The molecule has 0 aliphatic carbocycles. The van der Waals surface area contributed by atoms with Gasteiger partial charge in [0, 0.05) is 13.1 Å². The monoisotopic (exact) mass is 278 g/mol. The van der Waals surface area contributed by atoms with E-state index in [4.69, 9.17) is 4.42 Å². The second-order valence-corrected chi connectivity index (χ2v) is 5.41. The molecule has 5 heteroatoms. The van der Waals surface area contributed by atoms with Crippen molar-refractivity contribution in [3.05, 3.63) is 24.2 Å². The van der Waals surface area contributed by atoms with Gasteiger partial charge in [-0.1, -0.05) is 13.3 Å². The Hall–Kier alpha value is -1.78. The summed E-state index contributed by atoms with van der Waals surface area (Å²) in [7, 11) is 0. The topological polar surface area (TPSA) is 62.6 Å². The maximum Gasteiger partial charge on any atom is 0.255 e. The molecule has 20 heavy (non-hydrogen) atoms. The van der Waals surface area contributed by atoms with E-state index in [0.717, 1.165) is 25.9 Å². The Morgan fingerprint density at radius 2 is 2.35 bits per heavy atom. The lowest BCUT2D eigenvalue weighted by Gasteiger charge is -2.34. The Balaban J connectivity index is 1.90. The normalized spacial score (nSPS) is 20.5. The largest absolute Gasteiger partial charge is 0.472 e. The molecule has 2 amide bonds.